The first-order valence-corrected chi connectivity index (χ1v) is 19.4. The van der Waals surface area contributed by atoms with Crippen LogP contribution in [0.15, 0.2) is 36.4 Å². The third-order valence-corrected chi connectivity index (χ3v) is 12.6. The molecule has 1 saturated heterocycles. The molecule has 3 aliphatic carbocycles. The minimum Gasteiger partial charge on any atom is -0.496 e. The van der Waals surface area contributed by atoms with Crippen LogP contribution in [-0.2, 0) is 16.2 Å². The molecule has 4 aliphatic rings. The molecule has 53 heavy (non-hydrogen) atoms. The van der Waals surface area contributed by atoms with Crippen LogP contribution in [0.4, 0.5) is 0 Å². The molecule has 0 aromatic heterocycles. The van der Waals surface area contributed by atoms with E-state index in [4.69, 9.17) is 14.3 Å². The molecule has 10 nitrogen and oxygen atoms in total. The fourth-order valence-corrected chi connectivity index (χ4v) is 9.85. The van der Waals surface area contributed by atoms with Crippen LogP contribution >= 0.6 is 0 Å². The second kappa shape index (κ2) is 16.4. The number of likely N-dealkylation sites (N-methyl/N-ethyl adjacent to an activating group) is 1. The van der Waals surface area contributed by atoms with E-state index in [0.717, 1.165) is 29.5 Å². The number of benzene rings is 2. The van der Waals surface area contributed by atoms with Crippen molar-refractivity contribution in [3.05, 3.63) is 47.5 Å². The number of ketones is 1. The van der Waals surface area contributed by atoms with Crippen LogP contribution in [-0.4, -0.2) is 97.6 Å². The minimum absolute atomic E-state index is 0.0224. The first-order valence-electron chi connectivity index (χ1n) is 19.4. The van der Waals surface area contributed by atoms with Gasteiger partial charge in [-0.25, -0.2) is 0 Å². The summed E-state index contributed by atoms with van der Waals surface area (Å²) in [5, 5.41) is 26.2. The van der Waals surface area contributed by atoms with Crippen molar-refractivity contribution in [1.82, 2.24) is 15.3 Å². The number of hydrogen-bond acceptors (Lipinski definition) is 9. The summed E-state index contributed by atoms with van der Waals surface area (Å²) in [6.07, 6.45) is 1.94. The van der Waals surface area contributed by atoms with Crippen LogP contribution in [0, 0.1) is 40.4 Å². The topological polar surface area (TPSA) is 121 Å². The number of para-hydroxylation sites is 1. The molecule has 4 fully saturated rings. The van der Waals surface area contributed by atoms with E-state index in [9.17, 15) is 19.8 Å². The fraction of sp³-hybridized carbons (Fsp3) is 0.674. The van der Waals surface area contributed by atoms with Gasteiger partial charge in [-0.3, -0.25) is 14.4 Å². The molecule has 3 saturated carbocycles. The van der Waals surface area contributed by atoms with Crippen LogP contribution in [0.5, 0.6) is 11.5 Å². The Labute approximate surface area is 317 Å². The Balaban J connectivity index is 1.43. The molecule has 10 heteroatoms. The van der Waals surface area contributed by atoms with Gasteiger partial charge in [0.25, 0.3) is 5.91 Å². The number of aliphatic hydroxyl groups excluding tert-OH is 2. The molecular weight excluding hydrogens is 670 g/mol. The number of Topliss-reactive ketones (excluding diaryl/α,β-unsaturated/α-hetero) is 1. The molecule has 1 heterocycles. The highest BCUT2D eigenvalue weighted by atomic mass is 16.7. The molecule has 0 radical (unpaired) electrons. The predicted molar refractivity (Wildman–Crippen MR) is 208 cm³/mol. The van der Waals surface area contributed by atoms with E-state index in [2.05, 4.69) is 51.8 Å². The normalized spacial score (nSPS) is 27.9. The molecule has 6 rings (SSSR count). The molecule has 2 bridgehead atoms. The predicted octanol–water partition coefficient (Wildman–Crippen LogP) is 6.22. The maximum absolute atomic E-state index is 14.3. The largest absolute Gasteiger partial charge is 0.496 e. The Bertz CT molecular complexity index is 1600. The number of ether oxygens (including phenoxy) is 2. The van der Waals surface area contributed by atoms with Crippen LogP contribution < -0.4 is 14.8 Å². The van der Waals surface area contributed by atoms with Gasteiger partial charge in [0.05, 0.1) is 39.0 Å². The van der Waals surface area contributed by atoms with Crippen LogP contribution in [0.1, 0.15) is 90.1 Å². The summed E-state index contributed by atoms with van der Waals surface area (Å²) >= 11 is 0. The van der Waals surface area contributed by atoms with Crippen LogP contribution in [0.3, 0.4) is 0 Å². The lowest BCUT2D eigenvalue weighted by Gasteiger charge is -2.62. The van der Waals surface area contributed by atoms with Gasteiger partial charge >= 0.3 is 0 Å². The summed E-state index contributed by atoms with van der Waals surface area (Å²) in [7, 11) is 7.17. The zero-order chi connectivity index (χ0) is 39.0. The molecular formula is C43H65N3O7. The first kappa shape index (κ1) is 41.1. The van der Waals surface area contributed by atoms with Crippen molar-refractivity contribution in [2.45, 2.75) is 105 Å². The summed E-state index contributed by atoms with van der Waals surface area (Å²) in [4.78, 5) is 36.6. The number of hydroxylamine groups is 2. The molecule has 294 valence electrons. The fourth-order valence-electron chi connectivity index (χ4n) is 9.85. The first-order chi connectivity index (χ1) is 24.9. The Morgan fingerprint density at radius 2 is 1.83 bits per heavy atom. The number of nitrogens with zero attached hydrogens (tertiary/aromatic N) is 2. The highest BCUT2D eigenvalue weighted by Gasteiger charge is 2.57. The van der Waals surface area contributed by atoms with E-state index < -0.39 is 24.2 Å². The van der Waals surface area contributed by atoms with Gasteiger partial charge in [-0.15, -0.1) is 0 Å². The van der Waals surface area contributed by atoms with E-state index >= 15 is 0 Å². The molecule has 1 aliphatic heterocycles. The van der Waals surface area contributed by atoms with Crippen molar-refractivity contribution < 1.29 is 34.1 Å². The van der Waals surface area contributed by atoms with Crippen LogP contribution in [0.2, 0.25) is 0 Å². The summed E-state index contributed by atoms with van der Waals surface area (Å²) < 4.78 is 11.7. The average Bonchev–Trinajstić information content (AvgIpc) is 3.46. The van der Waals surface area contributed by atoms with E-state index in [1.54, 1.807) is 32.3 Å². The quantitative estimate of drug-likeness (QED) is 0.196. The van der Waals surface area contributed by atoms with Gasteiger partial charge in [0, 0.05) is 36.1 Å². The molecule has 3 N–H and O–H groups in total. The zero-order valence-electron chi connectivity index (χ0n) is 33.9. The summed E-state index contributed by atoms with van der Waals surface area (Å²) in [5.41, 5.74) is 3.08. The van der Waals surface area contributed by atoms with Gasteiger partial charge in [-0.2, -0.15) is 5.06 Å². The summed E-state index contributed by atoms with van der Waals surface area (Å²) in [5.74, 6) is 2.29. The molecule has 9 atom stereocenters. The van der Waals surface area contributed by atoms with Gasteiger partial charge in [0.2, 0.25) is 0 Å². The number of rotatable bonds is 15. The third kappa shape index (κ3) is 8.78. The lowest BCUT2D eigenvalue weighted by Crippen LogP contribution is -2.55. The lowest BCUT2D eigenvalue weighted by molar-refractivity contribution is -0.183. The Hall–Kier alpha value is -3.02. The number of methoxy groups -OCH3 is 2. The second-order valence-electron chi connectivity index (χ2n) is 18.2. The maximum atomic E-state index is 14.3. The van der Waals surface area contributed by atoms with Crippen molar-refractivity contribution >= 4 is 11.7 Å². The highest BCUT2D eigenvalue weighted by Crippen LogP contribution is 2.63. The van der Waals surface area contributed by atoms with Crippen molar-refractivity contribution in [2.75, 3.05) is 41.5 Å². The lowest BCUT2D eigenvalue weighted by atomic mass is 9.43. The SMILES string of the molecule is COc1ccc(-c2cccc(CN3O[C@@H](CO)[C@H]([C@H](C)O)[C@H]3C(=O)C[C@H]3C[C@H]4C[C@@H]([C@@H]3C)C4(C)C)c2OC)cc1C(=O)N[C@H](CN(C)C)CC(C)(C)C. The number of hydrogen-bond donors (Lipinski definition) is 3. The summed E-state index contributed by atoms with van der Waals surface area (Å²) in [6, 6.07) is 10.6. The maximum Gasteiger partial charge on any atom is 0.255 e. The van der Waals surface area contributed by atoms with Gasteiger partial charge in [0.1, 0.15) is 23.6 Å². The number of carbonyl (C=O) groups excluding carboxylic acids is 2. The Morgan fingerprint density at radius 3 is 2.40 bits per heavy atom. The van der Waals surface area contributed by atoms with E-state index in [-0.39, 0.29) is 42.2 Å². The van der Waals surface area contributed by atoms with Crippen LogP contribution in [0.25, 0.3) is 11.1 Å². The molecule has 0 spiro atoms. The zero-order valence-corrected chi connectivity index (χ0v) is 33.9. The second-order valence-corrected chi connectivity index (χ2v) is 18.2. The van der Waals surface area contributed by atoms with Crippen molar-refractivity contribution in [3.8, 4) is 22.6 Å². The Morgan fingerprint density at radius 1 is 1.11 bits per heavy atom. The van der Waals surface area contributed by atoms with Gasteiger partial charge in [0.15, 0.2) is 5.78 Å². The summed E-state index contributed by atoms with van der Waals surface area (Å²) in [6.45, 7) is 15.8. The molecule has 1 amide bonds. The number of nitrogens with one attached hydrogen (secondary N) is 1. The minimum atomic E-state index is -0.861. The number of carbonyl (C=O) groups is 2. The average molecular weight is 736 g/mol. The van der Waals surface area contributed by atoms with E-state index in [0.29, 0.717) is 53.2 Å². The molecule has 2 aromatic rings. The van der Waals surface area contributed by atoms with Crippen molar-refractivity contribution in [1.29, 1.82) is 0 Å². The van der Waals surface area contributed by atoms with E-state index in [1.807, 2.05) is 44.4 Å². The standard InChI is InChI=1S/C43H65N3O7/c1-25-29(17-30-20-34(25)43(30,6)7)19-35(49)39-38(26(2)48)37(24-47)53-46(39)22-28-13-12-14-32(40(28)52-11)27-15-16-36(51-10)33(18-27)41(50)44-31(23-45(8)9)21-42(3,4)5/h12-16,18,25-26,29-31,34,37-39,47-48H,17,19-24H2,1-11H3,(H,44,50)/t25-,26+,29-,30+,31+,34+,37+,38+,39-/m1/s1. The number of fused-ring (bicyclic) bond motifs is 2. The molecule has 2 aromatic carbocycles. The van der Waals surface area contributed by atoms with Crippen molar-refractivity contribution in [3.63, 3.8) is 0 Å². The van der Waals surface area contributed by atoms with Crippen molar-refractivity contribution in [2.24, 2.45) is 40.4 Å². The van der Waals surface area contributed by atoms with Gasteiger partial charge in [-0.1, -0.05) is 65.8 Å². The van der Waals surface area contributed by atoms with E-state index in [1.165, 1.54) is 6.42 Å². The number of amides is 1. The van der Waals surface area contributed by atoms with Gasteiger partial charge in [-0.05, 0) is 92.5 Å². The smallest absolute Gasteiger partial charge is 0.255 e. The Kier molecular flexibility index (Phi) is 12.7. The number of aliphatic hydroxyl groups is 2. The molecule has 0 unspecified atom stereocenters. The highest BCUT2D eigenvalue weighted by molar-refractivity contribution is 5.98. The van der Waals surface area contributed by atoms with Gasteiger partial charge < -0.3 is 29.9 Å². The third-order valence-electron chi connectivity index (χ3n) is 12.6. The monoisotopic (exact) mass is 735 g/mol.